The van der Waals surface area contributed by atoms with Crippen LogP contribution in [-0.4, -0.2) is 40.0 Å². The average Bonchev–Trinajstić information content (AvgIpc) is 3.08. The highest BCUT2D eigenvalue weighted by atomic mass is 32.2. The van der Waals surface area contributed by atoms with Gasteiger partial charge in [-0.3, -0.25) is 0 Å². The Balaban J connectivity index is 1.44. The summed E-state index contributed by atoms with van der Waals surface area (Å²) >= 11 is 3.76. The minimum Gasteiger partial charge on any atom is -0.332 e. The fourth-order valence-corrected chi connectivity index (χ4v) is 5.16. The van der Waals surface area contributed by atoms with Gasteiger partial charge in [0.05, 0.1) is 17.2 Å². The quantitative estimate of drug-likeness (QED) is 0.856. The highest BCUT2D eigenvalue weighted by molar-refractivity contribution is 7.99. The van der Waals surface area contributed by atoms with Crippen molar-refractivity contribution in [3.8, 4) is 0 Å². The summed E-state index contributed by atoms with van der Waals surface area (Å²) in [6.45, 7) is 2.75. The Morgan fingerprint density at radius 2 is 2.27 bits per heavy atom. The number of thioether (sulfide) groups is 1. The van der Waals surface area contributed by atoms with Gasteiger partial charge in [0.1, 0.15) is 0 Å². The monoisotopic (exact) mass is 339 g/mol. The van der Waals surface area contributed by atoms with Crippen molar-refractivity contribution < 1.29 is 4.79 Å². The summed E-state index contributed by atoms with van der Waals surface area (Å²) < 4.78 is 0. The number of hydrogen-bond donors (Lipinski definition) is 1. The van der Waals surface area contributed by atoms with Crippen molar-refractivity contribution in [3.05, 3.63) is 16.1 Å². The molecule has 1 aromatic heterocycles. The van der Waals surface area contributed by atoms with Crippen molar-refractivity contribution in [1.82, 2.24) is 15.2 Å². The van der Waals surface area contributed by atoms with Crippen molar-refractivity contribution in [2.45, 2.75) is 62.8 Å². The molecule has 0 radical (unpaired) electrons. The zero-order valence-electron chi connectivity index (χ0n) is 13.4. The first-order valence-electron chi connectivity index (χ1n) is 8.24. The third kappa shape index (κ3) is 3.96. The molecule has 2 amide bonds. The van der Waals surface area contributed by atoms with E-state index in [1.54, 1.807) is 11.3 Å². The molecule has 2 fully saturated rings. The van der Waals surface area contributed by atoms with Gasteiger partial charge < -0.3 is 10.2 Å². The minimum absolute atomic E-state index is 0.0353. The zero-order chi connectivity index (χ0) is 15.5. The van der Waals surface area contributed by atoms with Crippen LogP contribution in [0, 0.1) is 0 Å². The van der Waals surface area contributed by atoms with E-state index in [0.29, 0.717) is 18.5 Å². The minimum atomic E-state index is 0.0353. The summed E-state index contributed by atoms with van der Waals surface area (Å²) in [6.07, 6.45) is 6.05. The Morgan fingerprint density at radius 1 is 1.45 bits per heavy atom. The Bertz CT molecular complexity index is 515. The van der Waals surface area contributed by atoms with E-state index in [2.05, 4.69) is 22.6 Å². The summed E-state index contributed by atoms with van der Waals surface area (Å²) in [4.78, 5) is 18.8. The fourth-order valence-electron chi connectivity index (χ4n) is 3.03. The molecular weight excluding hydrogens is 314 g/mol. The molecule has 1 N–H and O–H groups in total. The van der Waals surface area contributed by atoms with Crippen molar-refractivity contribution in [1.29, 1.82) is 0 Å². The van der Waals surface area contributed by atoms with Crippen LogP contribution in [0.15, 0.2) is 5.38 Å². The molecule has 0 spiro atoms. The molecule has 2 aliphatic rings. The third-order valence-electron chi connectivity index (χ3n) is 4.54. The number of rotatable bonds is 6. The normalized spacial score (nSPS) is 24.5. The van der Waals surface area contributed by atoms with Crippen LogP contribution in [0.5, 0.6) is 0 Å². The molecular formula is C16H25N3OS2. The highest BCUT2D eigenvalue weighted by Gasteiger charge is 2.30. The molecule has 1 aromatic rings. The predicted octanol–water partition coefficient (Wildman–Crippen LogP) is 3.84. The lowest BCUT2D eigenvalue weighted by Crippen LogP contribution is -2.42. The largest absolute Gasteiger partial charge is 0.332 e. The van der Waals surface area contributed by atoms with E-state index in [-0.39, 0.29) is 6.03 Å². The standard InChI is InChI=1S/C16H25N3OS2/c1-3-21-14-7-6-13(8-14)19(2)16(20)17-9-12-10-22-15(18-12)11-4-5-11/h10-11,13-14H,3-9H2,1-2H3,(H,17,20)/t13-,14-/m1/s1. The Morgan fingerprint density at radius 3 is 3.00 bits per heavy atom. The van der Waals surface area contributed by atoms with E-state index in [0.717, 1.165) is 23.8 Å². The van der Waals surface area contributed by atoms with Crippen molar-refractivity contribution in [2.24, 2.45) is 0 Å². The first kappa shape index (κ1) is 16.1. The van der Waals surface area contributed by atoms with E-state index in [9.17, 15) is 4.79 Å². The molecule has 2 saturated carbocycles. The van der Waals surface area contributed by atoms with Gasteiger partial charge in [-0.05, 0) is 37.9 Å². The molecule has 122 valence electrons. The molecule has 6 heteroatoms. The Labute approximate surface area is 141 Å². The van der Waals surface area contributed by atoms with Gasteiger partial charge in [-0.2, -0.15) is 11.8 Å². The van der Waals surface area contributed by atoms with Crippen molar-refractivity contribution >= 4 is 29.1 Å². The number of thiazole rings is 1. The van der Waals surface area contributed by atoms with Crippen LogP contribution in [0.2, 0.25) is 0 Å². The molecule has 0 unspecified atom stereocenters. The first-order chi connectivity index (χ1) is 10.7. The molecule has 2 atom stereocenters. The van der Waals surface area contributed by atoms with E-state index in [4.69, 9.17) is 0 Å². The van der Waals surface area contributed by atoms with Crippen LogP contribution < -0.4 is 5.32 Å². The zero-order valence-corrected chi connectivity index (χ0v) is 15.0. The smallest absolute Gasteiger partial charge is 0.317 e. The lowest BCUT2D eigenvalue weighted by molar-refractivity contribution is 0.190. The molecule has 3 rings (SSSR count). The first-order valence-corrected chi connectivity index (χ1v) is 10.2. The Kier molecular flexibility index (Phi) is 5.29. The van der Waals surface area contributed by atoms with E-state index in [1.165, 1.54) is 30.0 Å². The summed E-state index contributed by atoms with van der Waals surface area (Å²) in [5.41, 5.74) is 1.000. The van der Waals surface area contributed by atoms with Gasteiger partial charge in [0.15, 0.2) is 0 Å². The van der Waals surface area contributed by atoms with Gasteiger partial charge in [0.2, 0.25) is 0 Å². The number of carbonyl (C=O) groups is 1. The highest BCUT2D eigenvalue weighted by Crippen LogP contribution is 2.41. The maximum absolute atomic E-state index is 12.3. The van der Waals surface area contributed by atoms with Gasteiger partial charge in [-0.25, -0.2) is 9.78 Å². The second-order valence-corrected chi connectivity index (χ2v) is 8.73. The van der Waals surface area contributed by atoms with Gasteiger partial charge >= 0.3 is 6.03 Å². The number of carbonyl (C=O) groups excluding carboxylic acids is 1. The number of nitrogens with zero attached hydrogens (tertiary/aromatic N) is 2. The van der Waals surface area contributed by atoms with Gasteiger partial charge in [-0.1, -0.05) is 6.92 Å². The van der Waals surface area contributed by atoms with Crippen LogP contribution in [0.1, 0.15) is 55.6 Å². The van der Waals surface area contributed by atoms with Crippen molar-refractivity contribution in [3.63, 3.8) is 0 Å². The predicted molar refractivity (Wildman–Crippen MR) is 93.6 cm³/mol. The number of hydrogen-bond acceptors (Lipinski definition) is 4. The summed E-state index contributed by atoms with van der Waals surface area (Å²) in [5.74, 6) is 1.86. The molecule has 4 nitrogen and oxygen atoms in total. The lowest BCUT2D eigenvalue weighted by atomic mass is 10.2. The topological polar surface area (TPSA) is 45.2 Å². The second kappa shape index (κ2) is 7.21. The number of urea groups is 1. The molecule has 1 heterocycles. The summed E-state index contributed by atoms with van der Waals surface area (Å²) in [6, 6.07) is 0.426. The molecule has 0 aromatic carbocycles. The van der Waals surface area contributed by atoms with Gasteiger partial charge in [-0.15, -0.1) is 11.3 Å². The van der Waals surface area contributed by atoms with Gasteiger partial charge in [0, 0.05) is 29.6 Å². The second-order valence-electron chi connectivity index (χ2n) is 6.27. The number of aromatic nitrogens is 1. The van der Waals surface area contributed by atoms with E-state index in [1.807, 2.05) is 23.7 Å². The maximum atomic E-state index is 12.3. The molecule has 22 heavy (non-hydrogen) atoms. The molecule has 0 bridgehead atoms. The average molecular weight is 340 g/mol. The molecule has 2 aliphatic carbocycles. The lowest BCUT2D eigenvalue weighted by Gasteiger charge is -2.24. The van der Waals surface area contributed by atoms with Crippen LogP contribution in [0.4, 0.5) is 4.79 Å². The number of amides is 2. The SMILES string of the molecule is CCS[C@@H]1CC[C@@H](N(C)C(=O)NCc2csc(C3CC3)n2)C1. The summed E-state index contributed by atoms with van der Waals surface area (Å²) in [5, 5.41) is 7.07. The van der Waals surface area contributed by atoms with Crippen LogP contribution in [-0.2, 0) is 6.54 Å². The molecule has 0 aliphatic heterocycles. The van der Waals surface area contributed by atoms with Crippen molar-refractivity contribution in [2.75, 3.05) is 12.8 Å². The van der Waals surface area contributed by atoms with E-state index >= 15 is 0 Å². The fraction of sp³-hybridized carbons (Fsp3) is 0.750. The molecule has 0 saturated heterocycles. The Hall–Kier alpha value is -0.750. The number of nitrogens with one attached hydrogen (secondary N) is 1. The summed E-state index contributed by atoms with van der Waals surface area (Å²) in [7, 11) is 1.93. The maximum Gasteiger partial charge on any atom is 0.317 e. The van der Waals surface area contributed by atoms with Crippen LogP contribution in [0.3, 0.4) is 0 Å². The van der Waals surface area contributed by atoms with Crippen LogP contribution in [0.25, 0.3) is 0 Å². The van der Waals surface area contributed by atoms with Crippen LogP contribution >= 0.6 is 23.1 Å². The van der Waals surface area contributed by atoms with Gasteiger partial charge in [0.25, 0.3) is 0 Å². The third-order valence-corrected chi connectivity index (χ3v) is 6.83. The van der Waals surface area contributed by atoms with E-state index < -0.39 is 0 Å².